The Bertz CT molecular complexity index is 913. The summed E-state index contributed by atoms with van der Waals surface area (Å²) in [6.45, 7) is 6.94. The molecule has 0 saturated heterocycles. The first-order valence-electron chi connectivity index (χ1n) is 9.56. The summed E-state index contributed by atoms with van der Waals surface area (Å²) >= 11 is 0. The highest BCUT2D eigenvalue weighted by atomic mass is 32.2. The molecule has 1 N–H and O–H groups in total. The van der Waals surface area contributed by atoms with E-state index in [1.807, 2.05) is 12.1 Å². The van der Waals surface area contributed by atoms with Crippen LogP contribution < -0.4 is 10.1 Å². The molecule has 0 aliphatic rings. The number of rotatable bonds is 8. The third kappa shape index (κ3) is 6.58. The van der Waals surface area contributed by atoms with Crippen molar-refractivity contribution in [3.05, 3.63) is 54.1 Å². The molecule has 2 aromatic carbocycles. The standard InChI is InChI=1S/C22H30N2O4S/c1-22(2,3)17-8-12-19(13-9-17)28-16-6-7-21(25)23-18-10-14-20(15-11-18)29(26,27)24(4)5/h8-15H,6-7,16H2,1-5H3,(H,23,25). The van der Waals surface area contributed by atoms with Crippen LogP contribution in [0.15, 0.2) is 53.4 Å². The molecule has 0 spiro atoms. The largest absolute Gasteiger partial charge is 0.494 e. The molecule has 0 heterocycles. The van der Waals surface area contributed by atoms with E-state index in [-0.39, 0.29) is 16.2 Å². The topological polar surface area (TPSA) is 75.7 Å². The zero-order valence-electron chi connectivity index (χ0n) is 17.7. The van der Waals surface area contributed by atoms with Gasteiger partial charge in [0.05, 0.1) is 11.5 Å². The molecular weight excluding hydrogens is 388 g/mol. The first kappa shape index (κ1) is 22.9. The van der Waals surface area contributed by atoms with Crippen molar-refractivity contribution in [1.82, 2.24) is 4.31 Å². The minimum absolute atomic E-state index is 0.103. The summed E-state index contributed by atoms with van der Waals surface area (Å²) in [5, 5.41) is 2.77. The Kier molecular flexibility index (Phi) is 7.43. The van der Waals surface area contributed by atoms with Gasteiger partial charge in [-0.05, 0) is 53.8 Å². The van der Waals surface area contributed by atoms with Crippen molar-refractivity contribution < 1.29 is 17.9 Å². The molecule has 1 amide bonds. The van der Waals surface area contributed by atoms with Gasteiger partial charge >= 0.3 is 0 Å². The lowest BCUT2D eigenvalue weighted by Gasteiger charge is -2.19. The van der Waals surface area contributed by atoms with Crippen LogP contribution >= 0.6 is 0 Å². The van der Waals surface area contributed by atoms with Gasteiger partial charge in [0.1, 0.15) is 5.75 Å². The van der Waals surface area contributed by atoms with E-state index in [2.05, 4.69) is 38.2 Å². The van der Waals surface area contributed by atoms with Crippen LogP contribution in [0.2, 0.25) is 0 Å². The zero-order chi connectivity index (χ0) is 21.7. The molecule has 29 heavy (non-hydrogen) atoms. The number of hydrogen-bond acceptors (Lipinski definition) is 4. The molecular formula is C22H30N2O4S. The quantitative estimate of drug-likeness (QED) is 0.657. The summed E-state index contributed by atoms with van der Waals surface area (Å²) in [7, 11) is -0.517. The van der Waals surface area contributed by atoms with Crippen LogP contribution in [0.5, 0.6) is 5.75 Å². The fourth-order valence-electron chi connectivity index (χ4n) is 2.62. The number of carbonyl (C=O) groups excluding carboxylic acids is 1. The SMILES string of the molecule is CN(C)S(=O)(=O)c1ccc(NC(=O)CCCOc2ccc(C(C)(C)C)cc2)cc1. The van der Waals surface area contributed by atoms with Gasteiger partial charge in [0.2, 0.25) is 15.9 Å². The monoisotopic (exact) mass is 418 g/mol. The first-order chi connectivity index (χ1) is 13.5. The Morgan fingerprint density at radius 3 is 2.10 bits per heavy atom. The Balaban J connectivity index is 1.77. The highest BCUT2D eigenvalue weighted by molar-refractivity contribution is 7.89. The van der Waals surface area contributed by atoms with Gasteiger partial charge in [-0.2, -0.15) is 0 Å². The fraction of sp³-hybridized carbons (Fsp3) is 0.409. The number of sulfonamides is 1. The predicted octanol–water partition coefficient (Wildman–Crippen LogP) is 4.03. The van der Waals surface area contributed by atoms with Gasteiger partial charge in [-0.15, -0.1) is 0 Å². The Labute approximate surface area is 173 Å². The molecule has 0 aliphatic carbocycles. The van der Waals surface area contributed by atoms with Crippen molar-refractivity contribution in [2.24, 2.45) is 0 Å². The molecule has 0 unspecified atom stereocenters. The maximum Gasteiger partial charge on any atom is 0.242 e. The van der Waals surface area contributed by atoms with Gasteiger partial charge in [-0.25, -0.2) is 12.7 Å². The van der Waals surface area contributed by atoms with Crippen molar-refractivity contribution in [2.45, 2.75) is 43.9 Å². The summed E-state index contributed by atoms with van der Waals surface area (Å²) in [5.41, 5.74) is 1.91. The Morgan fingerprint density at radius 2 is 1.59 bits per heavy atom. The molecule has 0 bridgehead atoms. The number of amides is 1. The number of nitrogens with zero attached hydrogens (tertiary/aromatic N) is 1. The summed E-state index contributed by atoms with van der Waals surface area (Å²) < 4.78 is 30.9. The second kappa shape index (κ2) is 9.41. The van der Waals surface area contributed by atoms with E-state index >= 15 is 0 Å². The smallest absolute Gasteiger partial charge is 0.242 e. The molecule has 0 saturated carbocycles. The van der Waals surface area contributed by atoms with E-state index in [1.165, 1.54) is 31.8 Å². The summed E-state index contributed by atoms with van der Waals surface area (Å²) in [6, 6.07) is 14.1. The number of carbonyl (C=O) groups is 1. The van der Waals surface area contributed by atoms with E-state index in [4.69, 9.17) is 4.74 Å². The molecule has 0 aliphatic heterocycles. The normalized spacial score (nSPS) is 12.1. The number of benzene rings is 2. The van der Waals surface area contributed by atoms with Crippen molar-refractivity contribution in [3.63, 3.8) is 0 Å². The third-order valence-corrected chi connectivity index (χ3v) is 6.28. The van der Waals surface area contributed by atoms with Crippen molar-refractivity contribution in [3.8, 4) is 5.75 Å². The Hall–Kier alpha value is -2.38. The maximum atomic E-state index is 12.1. The minimum atomic E-state index is -3.47. The van der Waals surface area contributed by atoms with Crippen LogP contribution in [0.4, 0.5) is 5.69 Å². The lowest BCUT2D eigenvalue weighted by atomic mass is 9.87. The molecule has 0 radical (unpaired) electrons. The van der Waals surface area contributed by atoms with E-state index in [9.17, 15) is 13.2 Å². The highest BCUT2D eigenvalue weighted by Crippen LogP contribution is 2.24. The van der Waals surface area contributed by atoms with Gasteiger partial charge in [-0.3, -0.25) is 4.79 Å². The second-order valence-electron chi connectivity index (χ2n) is 8.09. The fourth-order valence-corrected chi connectivity index (χ4v) is 3.52. The maximum absolute atomic E-state index is 12.1. The second-order valence-corrected chi connectivity index (χ2v) is 10.2. The molecule has 6 nitrogen and oxygen atoms in total. The molecule has 2 rings (SSSR count). The molecule has 0 aromatic heterocycles. The number of ether oxygens (including phenoxy) is 1. The van der Waals surface area contributed by atoms with Crippen LogP contribution in [0.25, 0.3) is 0 Å². The number of nitrogens with one attached hydrogen (secondary N) is 1. The van der Waals surface area contributed by atoms with Crippen molar-refractivity contribution in [2.75, 3.05) is 26.0 Å². The van der Waals surface area contributed by atoms with Gasteiger partial charge in [-0.1, -0.05) is 32.9 Å². The lowest BCUT2D eigenvalue weighted by molar-refractivity contribution is -0.116. The molecule has 158 valence electrons. The van der Waals surface area contributed by atoms with Crippen LogP contribution in [0.3, 0.4) is 0 Å². The van der Waals surface area contributed by atoms with E-state index < -0.39 is 10.0 Å². The lowest BCUT2D eigenvalue weighted by Crippen LogP contribution is -2.22. The van der Waals surface area contributed by atoms with Crippen LogP contribution in [-0.4, -0.2) is 39.3 Å². The predicted molar refractivity (Wildman–Crippen MR) is 116 cm³/mol. The average Bonchev–Trinajstić information content (AvgIpc) is 2.65. The van der Waals surface area contributed by atoms with Crippen LogP contribution in [-0.2, 0) is 20.2 Å². The van der Waals surface area contributed by atoms with E-state index in [0.717, 1.165) is 10.1 Å². The van der Waals surface area contributed by atoms with Crippen LogP contribution in [0.1, 0.15) is 39.2 Å². The molecule has 0 fully saturated rings. The number of anilines is 1. The van der Waals surface area contributed by atoms with Crippen molar-refractivity contribution in [1.29, 1.82) is 0 Å². The Morgan fingerprint density at radius 1 is 1.00 bits per heavy atom. The van der Waals surface area contributed by atoms with Gasteiger partial charge in [0.15, 0.2) is 0 Å². The molecule has 7 heteroatoms. The number of hydrogen-bond donors (Lipinski definition) is 1. The third-order valence-electron chi connectivity index (χ3n) is 4.45. The molecule has 2 aromatic rings. The summed E-state index contributed by atoms with van der Waals surface area (Å²) in [6.07, 6.45) is 0.901. The van der Waals surface area contributed by atoms with E-state index in [0.29, 0.717) is 25.1 Å². The molecule has 0 atom stereocenters. The van der Waals surface area contributed by atoms with E-state index in [1.54, 1.807) is 12.1 Å². The highest BCUT2D eigenvalue weighted by Gasteiger charge is 2.17. The zero-order valence-corrected chi connectivity index (χ0v) is 18.5. The minimum Gasteiger partial charge on any atom is -0.494 e. The average molecular weight is 419 g/mol. The summed E-state index contributed by atoms with van der Waals surface area (Å²) in [4.78, 5) is 12.3. The van der Waals surface area contributed by atoms with Gasteiger partial charge in [0.25, 0.3) is 0 Å². The van der Waals surface area contributed by atoms with Crippen molar-refractivity contribution >= 4 is 21.6 Å². The van der Waals surface area contributed by atoms with Crippen LogP contribution in [0, 0.1) is 0 Å². The summed E-state index contributed by atoms with van der Waals surface area (Å²) in [5.74, 6) is 0.649. The van der Waals surface area contributed by atoms with Gasteiger partial charge < -0.3 is 10.1 Å². The first-order valence-corrected chi connectivity index (χ1v) is 11.0. The van der Waals surface area contributed by atoms with Gasteiger partial charge in [0, 0.05) is 26.2 Å².